The molecule has 0 aromatic heterocycles. The molecule has 0 fully saturated rings. The first-order chi connectivity index (χ1) is 8.11. The predicted octanol–water partition coefficient (Wildman–Crippen LogP) is 1.22. The average Bonchev–Trinajstić information content (AvgIpc) is 2.29. The summed E-state index contributed by atoms with van der Waals surface area (Å²) in [5, 5.41) is 3.41. The molecule has 17 heavy (non-hydrogen) atoms. The molecule has 0 saturated carbocycles. The van der Waals surface area contributed by atoms with Crippen LogP contribution >= 0.6 is 0 Å². The third-order valence-corrected chi connectivity index (χ3v) is 2.73. The lowest BCUT2D eigenvalue weighted by Crippen LogP contribution is -2.44. The van der Waals surface area contributed by atoms with Gasteiger partial charge in [-0.05, 0) is 12.8 Å². The fourth-order valence-electron chi connectivity index (χ4n) is 1.78. The third kappa shape index (κ3) is 9.53. The van der Waals surface area contributed by atoms with Crippen molar-refractivity contribution in [1.29, 1.82) is 0 Å². The van der Waals surface area contributed by atoms with E-state index in [1.54, 1.807) is 14.2 Å². The first kappa shape index (κ1) is 16.8. The molecule has 0 aromatic rings. The summed E-state index contributed by atoms with van der Waals surface area (Å²) in [6.45, 7) is 12.4. The van der Waals surface area contributed by atoms with Crippen molar-refractivity contribution in [2.24, 2.45) is 5.92 Å². The van der Waals surface area contributed by atoms with Crippen molar-refractivity contribution in [3.05, 3.63) is 0 Å². The Morgan fingerprint density at radius 1 is 1.06 bits per heavy atom. The number of hydrogen-bond donors (Lipinski definition) is 1. The number of methoxy groups -OCH3 is 2. The van der Waals surface area contributed by atoms with E-state index in [1.165, 1.54) is 0 Å². The molecule has 0 spiro atoms. The highest BCUT2D eigenvalue weighted by molar-refractivity contribution is 4.71. The number of rotatable bonds is 11. The van der Waals surface area contributed by atoms with Crippen molar-refractivity contribution in [2.45, 2.75) is 26.8 Å². The zero-order chi connectivity index (χ0) is 13.1. The molecule has 1 unspecified atom stereocenters. The van der Waals surface area contributed by atoms with Crippen LogP contribution in [0.1, 0.15) is 20.8 Å². The Bertz CT molecular complexity index is 165. The second-order valence-corrected chi connectivity index (χ2v) is 4.93. The molecular weight excluding hydrogens is 216 g/mol. The zero-order valence-corrected chi connectivity index (χ0v) is 12.2. The lowest BCUT2D eigenvalue weighted by molar-refractivity contribution is 0.113. The Kier molecular flexibility index (Phi) is 10.9. The molecule has 0 heterocycles. The zero-order valence-electron chi connectivity index (χ0n) is 12.2. The van der Waals surface area contributed by atoms with Crippen LogP contribution in [0.2, 0.25) is 0 Å². The van der Waals surface area contributed by atoms with Crippen LogP contribution in [0.5, 0.6) is 0 Å². The Balaban J connectivity index is 3.89. The molecule has 0 saturated heterocycles. The normalized spacial score (nSPS) is 13.6. The first-order valence-corrected chi connectivity index (χ1v) is 6.54. The summed E-state index contributed by atoms with van der Waals surface area (Å²) < 4.78 is 10.2. The summed E-state index contributed by atoms with van der Waals surface area (Å²) in [5.74, 6) is 0.688. The summed E-state index contributed by atoms with van der Waals surface area (Å²) in [4.78, 5) is 2.48. The van der Waals surface area contributed by atoms with E-state index in [1.807, 2.05) is 0 Å². The van der Waals surface area contributed by atoms with Gasteiger partial charge in [0, 0.05) is 46.4 Å². The molecule has 0 aromatic carbocycles. The van der Waals surface area contributed by atoms with Crippen molar-refractivity contribution < 1.29 is 9.47 Å². The highest BCUT2D eigenvalue weighted by Crippen LogP contribution is 2.03. The van der Waals surface area contributed by atoms with Crippen LogP contribution in [0.25, 0.3) is 0 Å². The summed E-state index contributed by atoms with van der Waals surface area (Å²) in [7, 11) is 3.49. The molecule has 4 nitrogen and oxygen atoms in total. The smallest absolute Gasteiger partial charge is 0.0589 e. The van der Waals surface area contributed by atoms with Gasteiger partial charge in [0.1, 0.15) is 0 Å². The van der Waals surface area contributed by atoms with E-state index in [4.69, 9.17) is 9.47 Å². The minimum atomic E-state index is 0.532. The molecule has 104 valence electrons. The van der Waals surface area contributed by atoms with E-state index < -0.39 is 0 Å². The van der Waals surface area contributed by atoms with Gasteiger partial charge in [-0.2, -0.15) is 0 Å². The maximum Gasteiger partial charge on any atom is 0.0589 e. The molecule has 0 rings (SSSR count). The lowest BCUT2D eigenvalue weighted by atomic mass is 10.1. The summed E-state index contributed by atoms with van der Waals surface area (Å²) in [5.41, 5.74) is 0. The van der Waals surface area contributed by atoms with Crippen LogP contribution in [0, 0.1) is 5.92 Å². The average molecular weight is 246 g/mol. The molecular formula is C13H30N2O2. The lowest BCUT2D eigenvalue weighted by Gasteiger charge is -2.30. The second kappa shape index (κ2) is 11.0. The monoisotopic (exact) mass is 246 g/mol. The van der Waals surface area contributed by atoms with E-state index in [0.717, 1.165) is 39.4 Å². The molecule has 0 aliphatic carbocycles. The molecule has 4 heteroatoms. The maximum absolute atomic E-state index is 5.17. The Morgan fingerprint density at radius 2 is 1.71 bits per heavy atom. The number of hydrogen-bond acceptors (Lipinski definition) is 4. The van der Waals surface area contributed by atoms with Gasteiger partial charge in [-0.1, -0.05) is 13.8 Å². The highest BCUT2D eigenvalue weighted by Gasteiger charge is 2.14. The van der Waals surface area contributed by atoms with Crippen LogP contribution in [-0.2, 0) is 9.47 Å². The predicted molar refractivity (Wildman–Crippen MR) is 72.5 cm³/mol. The van der Waals surface area contributed by atoms with Crippen LogP contribution < -0.4 is 5.32 Å². The van der Waals surface area contributed by atoms with Gasteiger partial charge in [0.2, 0.25) is 0 Å². The van der Waals surface area contributed by atoms with Gasteiger partial charge >= 0.3 is 0 Å². The molecule has 1 atom stereocenters. The van der Waals surface area contributed by atoms with Crippen molar-refractivity contribution >= 4 is 0 Å². The van der Waals surface area contributed by atoms with Crippen LogP contribution in [-0.4, -0.2) is 64.6 Å². The summed E-state index contributed by atoms with van der Waals surface area (Å²) >= 11 is 0. The number of ether oxygens (including phenoxy) is 2. The minimum Gasteiger partial charge on any atom is -0.383 e. The molecule has 0 amide bonds. The first-order valence-electron chi connectivity index (χ1n) is 6.54. The Morgan fingerprint density at radius 3 is 2.24 bits per heavy atom. The molecule has 1 N–H and O–H groups in total. The topological polar surface area (TPSA) is 33.7 Å². The molecule has 0 aliphatic heterocycles. The Hall–Kier alpha value is -0.160. The minimum absolute atomic E-state index is 0.532. The van der Waals surface area contributed by atoms with Crippen LogP contribution in [0.4, 0.5) is 0 Å². The fraction of sp³-hybridized carbons (Fsp3) is 1.00. The van der Waals surface area contributed by atoms with E-state index >= 15 is 0 Å². The van der Waals surface area contributed by atoms with Crippen molar-refractivity contribution in [3.63, 3.8) is 0 Å². The van der Waals surface area contributed by atoms with Crippen molar-refractivity contribution in [3.8, 4) is 0 Å². The highest BCUT2D eigenvalue weighted by atomic mass is 16.5. The Labute approximate surface area is 107 Å². The van der Waals surface area contributed by atoms with Gasteiger partial charge in [0.05, 0.1) is 13.2 Å². The van der Waals surface area contributed by atoms with Crippen molar-refractivity contribution in [1.82, 2.24) is 10.2 Å². The van der Waals surface area contributed by atoms with Gasteiger partial charge < -0.3 is 14.8 Å². The maximum atomic E-state index is 5.17. The fourth-order valence-corrected chi connectivity index (χ4v) is 1.78. The number of nitrogens with one attached hydrogen (secondary N) is 1. The summed E-state index contributed by atoms with van der Waals surface area (Å²) in [6, 6.07) is 0.532. The standard InChI is InChI=1S/C13H30N2O2/c1-12(2)11-15(7-9-17-5)13(3)10-14-6-8-16-4/h12-14H,6-11H2,1-5H3. The van der Waals surface area contributed by atoms with E-state index in [9.17, 15) is 0 Å². The largest absolute Gasteiger partial charge is 0.383 e. The van der Waals surface area contributed by atoms with E-state index in [0.29, 0.717) is 12.0 Å². The van der Waals surface area contributed by atoms with Gasteiger partial charge in [0.25, 0.3) is 0 Å². The van der Waals surface area contributed by atoms with E-state index in [2.05, 4.69) is 31.0 Å². The number of nitrogens with zero attached hydrogens (tertiary/aromatic N) is 1. The van der Waals surface area contributed by atoms with E-state index in [-0.39, 0.29) is 0 Å². The van der Waals surface area contributed by atoms with Gasteiger partial charge in [-0.15, -0.1) is 0 Å². The van der Waals surface area contributed by atoms with Crippen LogP contribution in [0.15, 0.2) is 0 Å². The SMILES string of the molecule is COCCNCC(C)N(CCOC)CC(C)C. The molecule has 0 bridgehead atoms. The molecule has 0 aliphatic rings. The quantitative estimate of drug-likeness (QED) is 0.556. The second-order valence-electron chi connectivity index (χ2n) is 4.93. The van der Waals surface area contributed by atoms with Gasteiger partial charge in [-0.3, -0.25) is 4.90 Å². The van der Waals surface area contributed by atoms with Crippen LogP contribution in [0.3, 0.4) is 0 Å². The van der Waals surface area contributed by atoms with Gasteiger partial charge in [0.15, 0.2) is 0 Å². The van der Waals surface area contributed by atoms with Crippen molar-refractivity contribution in [2.75, 3.05) is 53.6 Å². The summed E-state index contributed by atoms with van der Waals surface area (Å²) in [6.07, 6.45) is 0. The van der Waals surface area contributed by atoms with Gasteiger partial charge in [-0.25, -0.2) is 0 Å². The molecule has 0 radical (unpaired) electrons. The third-order valence-electron chi connectivity index (χ3n) is 2.73.